The molecular formula is C18H20FN3O4. The van der Waals surface area contributed by atoms with Gasteiger partial charge in [-0.1, -0.05) is 4.98 Å². The zero-order valence-corrected chi connectivity index (χ0v) is 14.6. The highest BCUT2D eigenvalue weighted by Gasteiger charge is 2.32. The number of carbonyl (C=O) groups excluding carboxylic acids is 1. The van der Waals surface area contributed by atoms with Crippen LogP contribution in [0.1, 0.15) is 30.6 Å². The lowest BCUT2D eigenvalue weighted by Gasteiger charge is -2.32. The number of hydrogen-bond acceptors (Lipinski definition) is 5. The molecule has 3 rings (SSSR count). The van der Waals surface area contributed by atoms with Crippen molar-refractivity contribution in [2.75, 3.05) is 13.2 Å². The summed E-state index contributed by atoms with van der Waals surface area (Å²) >= 11 is 0. The van der Waals surface area contributed by atoms with E-state index in [-0.39, 0.29) is 35.1 Å². The van der Waals surface area contributed by atoms with Crippen LogP contribution in [-0.2, 0) is 4.74 Å². The Morgan fingerprint density at radius 3 is 2.96 bits per heavy atom. The van der Waals surface area contributed by atoms with E-state index in [4.69, 9.17) is 9.47 Å². The second kappa shape index (κ2) is 7.65. The third kappa shape index (κ3) is 3.91. The maximum absolute atomic E-state index is 13.8. The summed E-state index contributed by atoms with van der Waals surface area (Å²) in [5.74, 6) is -0.571. The minimum Gasteiger partial charge on any atom is -0.711 e. The van der Waals surface area contributed by atoms with E-state index in [0.717, 1.165) is 18.8 Å². The van der Waals surface area contributed by atoms with Crippen LogP contribution in [0.4, 0.5) is 4.39 Å². The van der Waals surface area contributed by atoms with Crippen LogP contribution >= 0.6 is 0 Å². The summed E-state index contributed by atoms with van der Waals surface area (Å²) in [5.41, 5.74) is 0.0897. The fourth-order valence-corrected chi connectivity index (χ4v) is 3.01. The Hall–Kier alpha value is -2.74. The van der Waals surface area contributed by atoms with Crippen molar-refractivity contribution in [2.24, 2.45) is 0 Å². The Labute approximate surface area is 150 Å². The first kappa shape index (κ1) is 18.1. The summed E-state index contributed by atoms with van der Waals surface area (Å²) in [6.45, 7) is 4.84. The summed E-state index contributed by atoms with van der Waals surface area (Å²) in [6, 6.07) is 3.55. The third-order valence-electron chi connectivity index (χ3n) is 4.13. The van der Waals surface area contributed by atoms with E-state index in [9.17, 15) is 14.4 Å². The molecule has 1 aliphatic rings. The SMILES string of the molecule is CC(C)N(C(=O)c1cc(F)ccc1Oc1cnc[n+]([O-])c1)[C@@H]1CCOC1. The summed E-state index contributed by atoms with van der Waals surface area (Å²) in [4.78, 5) is 18.6. The quantitative estimate of drug-likeness (QED) is 0.603. The van der Waals surface area contributed by atoms with Crippen molar-refractivity contribution in [2.45, 2.75) is 32.4 Å². The Balaban J connectivity index is 1.94. The summed E-state index contributed by atoms with van der Waals surface area (Å²) in [5, 5.41) is 11.4. The van der Waals surface area contributed by atoms with E-state index >= 15 is 0 Å². The first-order valence-electron chi connectivity index (χ1n) is 8.37. The highest BCUT2D eigenvalue weighted by molar-refractivity contribution is 5.97. The number of hydrogen-bond donors (Lipinski definition) is 0. The second-order valence-corrected chi connectivity index (χ2v) is 6.35. The van der Waals surface area contributed by atoms with Crippen molar-refractivity contribution in [3.8, 4) is 11.5 Å². The third-order valence-corrected chi connectivity index (χ3v) is 4.13. The molecule has 0 bridgehead atoms. The Morgan fingerprint density at radius 2 is 2.31 bits per heavy atom. The Bertz CT molecular complexity index is 794. The van der Waals surface area contributed by atoms with Gasteiger partial charge >= 0.3 is 0 Å². The molecule has 1 atom stereocenters. The molecule has 7 nitrogen and oxygen atoms in total. The number of carbonyl (C=O) groups is 1. The molecule has 8 heteroatoms. The largest absolute Gasteiger partial charge is 0.711 e. The monoisotopic (exact) mass is 361 g/mol. The van der Waals surface area contributed by atoms with Gasteiger partial charge in [0, 0.05) is 12.6 Å². The Kier molecular flexibility index (Phi) is 5.32. The molecule has 0 radical (unpaired) electrons. The molecule has 1 amide bonds. The zero-order valence-electron chi connectivity index (χ0n) is 14.6. The molecule has 138 valence electrons. The maximum atomic E-state index is 13.8. The van der Waals surface area contributed by atoms with Gasteiger partial charge in [-0.2, -0.15) is 0 Å². The number of halogens is 1. The van der Waals surface area contributed by atoms with Crippen molar-refractivity contribution in [3.05, 3.63) is 53.5 Å². The first-order valence-corrected chi connectivity index (χ1v) is 8.37. The minimum absolute atomic E-state index is 0.0687. The topological polar surface area (TPSA) is 78.6 Å². The highest BCUT2D eigenvalue weighted by Crippen LogP contribution is 2.28. The van der Waals surface area contributed by atoms with Crippen LogP contribution in [0.15, 0.2) is 36.9 Å². The van der Waals surface area contributed by atoms with E-state index in [1.165, 1.54) is 24.5 Å². The van der Waals surface area contributed by atoms with Gasteiger partial charge in [0.25, 0.3) is 12.2 Å². The van der Waals surface area contributed by atoms with Crippen LogP contribution in [-0.4, -0.2) is 41.1 Å². The first-order chi connectivity index (χ1) is 12.5. The van der Waals surface area contributed by atoms with Crippen LogP contribution in [0.25, 0.3) is 0 Å². The van der Waals surface area contributed by atoms with Gasteiger partial charge in [0.1, 0.15) is 17.8 Å². The maximum Gasteiger partial charge on any atom is 0.289 e. The van der Waals surface area contributed by atoms with Crippen molar-refractivity contribution < 1.29 is 23.4 Å². The summed E-state index contributed by atoms with van der Waals surface area (Å²) in [7, 11) is 0. The van der Waals surface area contributed by atoms with E-state index in [1.54, 1.807) is 4.90 Å². The molecule has 1 saturated heterocycles. The average molecular weight is 361 g/mol. The van der Waals surface area contributed by atoms with Crippen LogP contribution in [0.5, 0.6) is 11.5 Å². The van der Waals surface area contributed by atoms with Crippen LogP contribution < -0.4 is 9.47 Å². The fourth-order valence-electron chi connectivity index (χ4n) is 3.01. The number of benzene rings is 1. The van der Waals surface area contributed by atoms with Gasteiger partial charge in [-0.3, -0.25) is 4.79 Å². The minimum atomic E-state index is -0.544. The van der Waals surface area contributed by atoms with Gasteiger partial charge in [-0.15, -0.1) is 0 Å². The lowest BCUT2D eigenvalue weighted by atomic mass is 10.1. The lowest BCUT2D eigenvalue weighted by molar-refractivity contribution is -0.609. The van der Waals surface area contributed by atoms with Gasteiger partial charge in [0.15, 0.2) is 6.20 Å². The van der Waals surface area contributed by atoms with Crippen molar-refractivity contribution in [1.82, 2.24) is 9.88 Å². The molecule has 1 aromatic carbocycles. The van der Waals surface area contributed by atoms with E-state index in [2.05, 4.69) is 4.98 Å². The number of rotatable bonds is 5. The molecule has 1 aliphatic heterocycles. The molecular weight excluding hydrogens is 341 g/mol. The van der Waals surface area contributed by atoms with Gasteiger partial charge < -0.3 is 19.6 Å². The molecule has 0 unspecified atom stereocenters. The van der Waals surface area contributed by atoms with Crippen molar-refractivity contribution in [3.63, 3.8) is 0 Å². The normalized spacial score (nSPS) is 16.7. The average Bonchev–Trinajstić information content (AvgIpc) is 3.10. The molecule has 0 N–H and O–H groups in total. The summed E-state index contributed by atoms with van der Waals surface area (Å²) < 4.78 is 25.3. The standard InChI is InChI=1S/C18H20FN3O4/c1-12(2)22(14-5-6-25-10-14)18(23)16-7-13(19)3-4-17(16)26-15-8-20-11-21(24)9-15/h3-4,7-9,11-12,14H,5-6,10H2,1-2H3/t14-/m1/s1. The number of nitrogens with zero attached hydrogens (tertiary/aromatic N) is 3. The molecule has 1 fully saturated rings. The number of amides is 1. The number of aromatic nitrogens is 2. The molecule has 2 aromatic rings. The zero-order chi connectivity index (χ0) is 18.7. The summed E-state index contributed by atoms with van der Waals surface area (Å²) in [6.07, 6.45) is 4.32. The van der Waals surface area contributed by atoms with E-state index in [1.807, 2.05) is 13.8 Å². The van der Waals surface area contributed by atoms with Crippen LogP contribution in [0, 0.1) is 11.0 Å². The predicted octanol–water partition coefficient (Wildman–Crippen LogP) is 2.29. The van der Waals surface area contributed by atoms with Crippen LogP contribution in [0.3, 0.4) is 0 Å². The smallest absolute Gasteiger partial charge is 0.289 e. The molecule has 0 saturated carbocycles. The number of ether oxygens (including phenoxy) is 2. The molecule has 26 heavy (non-hydrogen) atoms. The highest BCUT2D eigenvalue weighted by atomic mass is 19.1. The van der Waals surface area contributed by atoms with Gasteiger partial charge in [0.05, 0.1) is 18.2 Å². The van der Waals surface area contributed by atoms with Crippen molar-refractivity contribution >= 4 is 5.91 Å². The van der Waals surface area contributed by atoms with Crippen molar-refractivity contribution in [1.29, 1.82) is 0 Å². The van der Waals surface area contributed by atoms with Crippen LogP contribution in [0.2, 0.25) is 0 Å². The van der Waals surface area contributed by atoms with Gasteiger partial charge in [-0.25, -0.2) is 9.12 Å². The van der Waals surface area contributed by atoms with Gasteiger partial charge in [0.2, 0.25) is 5.75 Å². The Morgan fingerprint density at radius 1 is 1.50 bits per heavy atom. The van der Waals surface area contributed by atoms with E-state index < -0.39 is 5.82 Å². The van der Waals surface area contributed by atoms with E-state index in [0.29, 0.717) is 17.9 Å². The molecule has 1 aromatic heterocycles. The molecule has 2 heterocycles. The predicted molar refractivity (Wildman–Crippen MR) is 90.2 cm³/mol. The molecule has 0 spiro atoms. The second-order valence-electron chi connectivity index (χ2n) is 6.35. The lowest BCUT2D eigenvalue weighted by Crippen LogP contribution is -2.45. The fraction of sp³-hybridized carbons (Fsp3) is 0.389. The molecule has 0 aliphatic carbocycles. The van der Waals surface area contributed by atoms with Gasteiger partial charge in [-0.05, 0) is 38.5 Å².